The average Bonchev–Trinajstić information content (AvgIpc) is 3.02. The van der Waals surface area contributed by atoms with E-state index in [1.165, 1.54) is 4.90 Å². The molecule has 3 aromatic carbocycles. The molecule has 1 saturated heterocycles. The summed E-state index contributed by atoms with van der Waals surface area (Å²) in [5, 5.41) is 0.420. The molecule has 0 radical (unpaired) electrons. The van der Waals surface area contributed by atoms with Crippen LogP contribution in [0.15, 0.2) is 77.7 Å². The number of carbonyl (C=O) groups is 2. The summed E-state index contributed by atoms with van der Waals surface area (Å²) in [6.45, 7) is 0.687. The number of ether oxygens (including phenoxy) is 1. The van der Waals surface area contributed by atoms with Gasteiger partial charge < -0.3 is 4.74 Å². The van der Waals surface area contributed by atoms with Gasteiger partial charge in [0.2, 0.25) is 0 Å². The number of halogens is 2. The van der Waals surface area contributed by atoms with Gasteiger partial charge in [0.05, 0.1) is 11.4 Å². The highest BCUT2D eigenvalue weighted by Crippen LogP contribution is 2.33. The van der Waals surface area contributed by atoms with E-state index in [4.69, 9.17) is 16.3 Å². The third-order valence-electron chi connectivity index (χ3n) is 4.60. The van der Waals surface area contributed by atoms with Crippen LogP contribution in [0.5, 0.6) is 5.75 Å². The Morgan fingerprint density at radius 3 is 2.42 bits per heavy atom. The number of amides is 2. The van der Waals surface area contributed by atoms with Crippen LogP contribution in [0.25, 0.3) is 6.08 Å². The second-order valence-corrected chi connectivity index (χ2v) is 9.56. The molecule has 0 aliphatic carbocycles. The lowest BCUT2D eigenvalue weighted by Crippen LogP contribution is -2.27. The highest BCUT2D eigenvalue weighted by Gasteiger charge is 2.34. The number of benzene rings is 3. The molecule has 0 saturated carbocycles. The molecule has 1 aliphatic rings. The summed E-state index contributed by atoms with van der Waals surface area (Å²) in [6, 6.07) is 22.7. The second kappa shape index (κ2) is 9.89. The minimum absolute atomic E-state index is 0.253. The monoisotopic (exact) mass is 561 g/mol. The maximum Gasteiger partial charge on any atom is 0.293 e. The first kappa shape index (κ1) is 21.9. The zero-order valence-electron chi connectivity index (χ0n) is 16.3. The largest absolute Gasteiger partial charge is 0.489 e. The lowest BCUT2D eigenvalue weighted by molar-refractivity contribution is -0.123. The van der Waals surface area contributed by atoms with Crippen LogP contribution in [0.2, 0.25) is 5.02 Å². The molecule has 1 aliphatic heterocycles. The van der Waals surface area contributed by atoms with Gasteiger partial charge in [0, 0.05) is 8.59 Å². The van der Waals surface area contributed by atoms with E-state index in [2.05, 4.69) is 22.6 Å². The molecule has 0 unspecified atom stereocenters. The molecule has 2 amide bonds. The molecule has 156 valence electrons. The molecule has 1 heterocycles. The lowest BCUT2D eigenvalue weighted by atomic mass is 10.2. The summed E-state index contributed by atoms with van der Waals surface area (Å²) in [6.07, 6.45) is 1.74. The van der Waals surface area contributed by atoms with Crippen molar-refractivity contribution in [3.8, 4) is 5.75 Å². The van der Waals surface area contributed by atoms with Crippen molar-refractivity contribution in [2.45, 2.75) is 13.2 Å². The highest BCUT2D eigenvalue weighted by molar-refractivity contribution is 14.1. The first-order valence-corrected chi connectivity index (χ1v) is 11.7. The smallest absolute Gasteiger partial charge is 0.293 e. The topological polar surface area (TPSA) is 46.6 Å². The van der Waals surface area contributed by atoms with Crippen LogP contribution >= 0.6 is 46.0 Å². The van der Waals surface area contributed by atoms with Gasteiger partial charge in [-0.3, -0.25) is 14.5 Å². The van der Waals surface area contributed by atoms with Crippen LogP contribution in [0.3, 0.4) is 0 Å². The van der Waals surface area contributed by atoms with E-state index in [1.807, 2.05) is 72.8 Å². The van der Waals surface area contributed by atoms with Crippen molar-refractivity contribution in [3.63, 3.8) is 0 Å². The highest BCUT2D eigenvalue weighted by atomic mass is 127. The summed E-state index contributed by atoms with van der Waals surface area (Å²) in [5.41, 5.74) is 2.73. The maximum absolute atomic E-state index is 12.7. The molecule has 4 nitrogen and oxygen atoms in total. The van der Waals surface area contributed by atoms with E-state index in [-0.39, 0.29) is 17.7 Å². The molecule has 0 aromatic heterocycles. The Labute approximate surface area is 203 Å². The molecule has 31 heavy (non-hydrogen) atoms. The van der Waals surface area contributed by atoms with E-state index >= 15 is 0 Å². The first-order chi connectivity index (χ1) is 15.0. The van der Waals surface area contributed by atoms with Gasteiger partial charge in [-0.05, 0) is 93.5 Å². The van der Waals surface area contributed by atoms with Crippen LogP contribution in [0.1, 0.15) is 16.7 Å². The average molecular weight is 562 g/mol. The standard InChI is InChI=1S/C24H17ClINO3S/c25-19-3-1-2-18(12-19)15-30-21-10-6-16(7-11-21)13-22-23(28)27(24(29)31-22)14-17-4-8-20(26)9-5-17/h1-13H,14-15H2/b22-13-. The molecule has 0 N–H and O–H groups in total. The van der Waals surface area contributed by atoms with Crippen LogP contribution in [-0.2, 0) is 17.9 Å². The molecule has 7 heteroatoms. The summed E-state index contributed by atoms with van der Waals surface area (Å²) in [5.74, 6) is 0.443. The number of hydrogen-bond acceptors (Lipinski definition) is 4. The minimum Gasteiger partial charge on any atom is -0.489 e. The van der Waals surface area contributed by atoms with Crippen molar-refractivity contribution in [2.75, 3.05) is 0 Å². The Kier molecular flexibility index (Phi) is 6.99. The predicted molar refractivity (Wildman–Crippen MR) is 133 cm³/mol. The Balaban J connectivity index is 1.40. The van der Waals surface area contributed by atoms with Gasteiger partial charge in [0.1, 0.15) is 12.4 Å². The normalized spacial score (nSPS) is 15.0. The summed E-state index contributed by atoms with van der Waals surface area (Å²) >= 11 is 9.18. The fourth-order valence-corrected chi connectivity index (χ4v) is 4.42. The van der Waals surface area contributed by atoms with Crippen molar-refractivity contribution in [3.05, 3.63) is 103 Å². The van der Waals surface area contributed by atoms with E-state index < -0.39 is 0 Å². The number of rotatable bonds is 6. The first-order valence-electron chi connectivity index (χ1n) is 9.45. The maximum atomic E-state index is 12.7. The quantitative estimate of drug-likeness (QED) is 0.246. The molecular weight excluding hydrogens is 545 g/mol. The van der Waals surface area contributed by atoms with Crippen molar-refractivity contribution < 1.29 is 14.3 Å². The van der Waals surface area contributed by atoms with Crippen LogP contribution in [-0.4, -0.2) is 16.0 Å². The van der Waals surface area contributed by atoms with Gasteiger partial charge in [-0.25, -0.2) is 0 Å². The van der Waals surface area contributed by atoms with Crippen LogP contribution in [0.4, 0.5) is 4.79 Å². The minimum atomic E-state index is -0.269. The molecule has 1 fully saturated rings. The molecule has 0 spiro atoms. The number of thioether (sulfide) groups is 1. The zero-order chi connectivity index (χ0) is 21.8. The summed E-state index contributed by atoms with van der Waals surface area (Å²) in [7, 11) is 0. The lowest BCUT2D eigenvalue weighted by Gasteiger charge is -2.12. The second-order valence-electron chi connectivity index (χ2n) is 6.88. The number of hydrogen-bond donors (Lipinski definition) is 0. The van der Waals surface area contributed by atoms with Crippen molar-refractivity contribution in [1.82, 2.24) is 4.90 Å². The predicted octanol–water partition coefficient (Wildman–Crippen LogP) is 6.76. The van der Waals surface area contributed by atoms with Gasteiger partial charge in [-0.2, -0.15) is 0 Å². The molecule has 3 aromatic rings. The molecule has 0 bridgehead atoms. The van der Waals surface area contributed by atoms with Gasteiger partial charge in [0.25, 0.3) is 11.1 Å². The van der Waals surface area contributed by atoms with Gasteiger partial charge in [0.15, 0.2) is 0 Å². The number of imide groups is 1. The van der Waals surface area contributed by atoms with Gasteiger partial charge in [-0.15, -0.1) is 0 Å². The summed E-state index contributed by atoms with van der Waals surface area (Å²) < 4.78 is 6.89. The van der Waals surface area contributed by atoms with Crippen molar-refractivity contribution >= 4 is 63.2 Å². The summed E-state index contributed by atoms with van der Waals surface area (Å²) in [4.78, 5) is 26.8. The Morgan fingerprint density at radius 2 is 1.71 bits per heavy atom. The molecule has 0 atom stereocenters. The zero-order valence-corrected chi connectivity index (χ0v) is 20.0. The Bertz CT molecular complexity index is 1150. The number of nitrogens with zero attached hydrogens (tertiary/aromatic N) is 1. The van der Waals surface area contributed by atoms with Gasteiger partial charge in [-0.1, -0.05) is 48.0 Å². The van der Waals surface area contributed by atoms with E-state index in [0.717, 1.165) is 32.0 Å². The van der Waals surface area contributed by atoms with Crippen molar-refractivity contribution in [2.24, 2.45) is 0 Å². The van der Waals surface area contributed by atoms with E-state index in [9.17, 15) is 9.59 Å². The third-order valence-corrected chi connectivity index (χ3v) is 6.46. The molecule has 4 rings (SSSR count). The Morgan fingerprint density at radius 1 is 0.968 bits per heavy atom. The van der Waals surface area contributed by atoms with Crippen LogP contribution in [0, 0.1) is 3.57 Å². The van der Waals surface area contributed by atoms with E-state index in [1.54, 1.807) is 6.08 Å². The van der Waals surface area contributed by atoms with Crippen LogP contribution < -0.4 is 4.74 Å². The Hall–Kier alpha value is -2.29. The fourth-order valence-electron chi connectivity index (χ4n) is 3.01. The van der Waals surface area contributed by atoms with E-state index in [0.29, 0.717) is 22.3 Å². The fraction of sp³-hybridized carbons (Fsp3) is 0.0833. The molecular formula is C24H17ClINO3S. The van der Waals surface area contributed by atoms with Gasteiger partial charge >= 0.3 is 0 Å². The third kappa shape index (κ3) is 5.70. The van der Waals surface area contributed by atoms with Crippen molar-refractivity contribution in [1.29, 1.82) is 0 Å². The SMILES string of the molecule is O=C1S/C(=C\c2ccc(OCc3cccc(Cl)c3)cc2)C(=O)N1Cc1ccc(I)cc1. The number of carbonyl (C=O) groups excluding carboxylic acids is 2.